The molecular weight excluding hydrogens is 182 g/mol. The van der Waals surface area contributed by atoms with Crippen LogP contribution in [0, 0.1) is 6.92 Å². The van der Waals surface area contributed by atoms with Crippen molar-refractivity contribution >= 4 is 5.97 Å². The average molecular weight is 197 g/mol. The molecule has 5 heteroatoms. The molecule has 1 unspecified atom stereocenters. The van der Waals surface area contributed by atoms with Crippen molar-refractivity contribution in [3.05, 3.63) is 17.0 Å². The van der Waals surface area contributed by atoms with Gasteiger partial charge in [0.1, 0.15) is 5.56 Å². The van der Waals surface area contributed by atoms with Gasteiger partial charge in [-0.05, 0) is 26.7 Å². The molecule has 4 N–H and O–H groups in total. The number of aromatic nitrogens is 2. The lowest BCUT2D eigenvalue weighted by Crippen LogP contribution is -2.16. The summed E-state index contributed by atoms with van der Waals surface area (Å²) < 4.78 is 0. The molecule has 1 atom stereocenters. The van der Waals surface area contributed by atoms with Crippen LogP contribution in [0.15, 0.2) is 0 Å². The van der Waals surface area contributed by atoms with Crippen molar-refractivity contribution in [1.29, 1.82) is 0 Å². The number of H-pyrrole nitrogens is 1. The first-order valence-corrected chi connectivity index (χ1v) is 4.55. The maximum atomic E-state index is 10.9. The number of aromatic amines is 1. The Labute approximate surface area is 82.3 Å². The molecule has 1 rings (SSSR count). The first-order valence-electron chi connectivity index (χ1n) is 4.55. The third-order valence-corrected chi connectivity index (χ3v) is 2.07. The molecular formula is C9H15N3O2. The predicted octanol–water partition coefficient (Wildman–Crippen LogP) is 0.696. The molecule has 0 saturated heterocycles. The van der Waals surface area contributed by atoms with Gasteiger partial charge in [-0.15, -0.1) is 0 Å². The van der Waals surface area contributed by atoms with Crippen LogP contribution < -0.4 is 5.73 Å². The van der Waals surface area contributed by atoms with E-state index in [4.69, 9.17) is 10.8 Å². The highest BCUT2D eigenvalue weighted by Gasteiger charge is 2.16. The van der Waals surface area contributed by atoms with Crippen molar-refractivity contribution in [2.24, 2.45) is 5.73 Å². The van der Waals surface area contributed by atoms with Gasteiger partial charge >= 0.3 is 5.97 Å². The zero-order valence-electron chi connectivity index (χ0n) is 8.37. The van der Waals surface area contributed by atoms with Crippen molar-refractivity contribution in [3.8, 4) is 0 Å². The molecule has 0 saturated carbocycles. The van der Waals surface area contributed by atoms with Crippen molar-refractivity contribution in [1.82, 2.24) is 10.2 Å². The van der Waals surface area contributed by atoms with E-state index in [0.29, 0.717) is 17.8 Å². The quantitative estimate of drug-likeness (QED) is 0.662. The smallest absolute Gasteiger partial charge is 0.339 e. The molecule has 78 valence electrons. The SMILES string of the molecule is Cc1[nH]nc(CCC(C)N)c1C(=O)O. The van der Waals surface area contributed by atoms with Gasteiger partial charge in [-0.3, -0.25) is 5.10 Å². The lowest BCUT2D eigenvalue weighted by atomic mass is 10.1. The van der Waals surface area contributed by atoms with Crippen molar-refractivity contribution in [2.75, 3.05) is 0 Å². The predicted molar refractivity (Wildman–Crippen MR) is 52.3 cm³/mol. The van der Waals surface area contributed by atoms with Gasteiger partial charge < -0.3 is 10.8 Å². The zero-order valence-corrected chi connectivity index (χ0v) is 8.37. The number of carboxylic acid groups (broad SMARTS) is 1. The molecule has 0 bridgehead atoms. The summed E-state index contributed by atoms with van der Waals surface area (Å²) in [5.41, 5.74) is 7.06. The molecule has 0 aliphatic rings. The fraction of sp³-hybridized carbons (Fsp3) is 0.556. The second kappa shape index (κ2) is 4.23. The molecule has 0 aliphatic heterocycles. The zero-order chi connectivity index (χ0) is 10.7. The van der Waals surface area contributed by atoms with Crippen molar-refractivity contribution < 1.29 is 9.90 Å². The van der Waals surface area contributed by atoms with Crippen LogP contribution in [-0.2, 0) is 6.42 Å². The van der Waals surface area contributed by atoms with E-state index in [1.54, 1.807) is 6.92 Å². The number of carbonyl (C=O) groups is 1. The average Bonchev–Trinajstić information content (AvgIpc) is 2.43. The van der Waals surface area contributed by atoms with Crippen LogP contribution in [0.2, 0.25) is 0 Å². The Morgan fingerprint density at radius 1 is 1.71 bits per heavy atom. The van der Waals surface area contributed by atoms with Crippen LogP contribution in [0.4, 0.5) is 0 Å². The van der Waals surface area contributed by atoms with E-state index >= 15 is 0 Å². The highest BCUT2D eigenvalue weighted by molar-refractivity contribution is 5.90. The molecule has 0 aliphatic carbocycles. The highest BCUT2D eigenvalue weighted by Crippen LogP contribution is 2.12. The Kier molecular flexibility index (Phi) is 3.24. The number of nitrogens with two attached hydrogens (primary N) is 1. The number of aromatic carboxylic acids is 1. The fourth-order valence-corrected chi connectivity index (χ4v) is 1.31. The van der Waals surface area contributed by atoms with Gasteiger partial charge in [0.25, 0.3) is 0 Å². The molecule has 0 amide bonds. The van der Waals surface area contributed by atoms with E-state index in [0.717, 1.165) is 6.42 Å². The minimum Gasteiger partial charge on any atom is -0.478 e. The van der Waals surface area contributed by atoms with Gasteiger partial charge in [0.2, 0.25) is 0 Å². The third-order valence-electron chi connectivity index (χ3n) is 2.07. The lowest BCUT2D eigenvalue weighted by molar-refractivity contribution is 0.0695. The summed E-state index contributed by atoms with van der Waals surface area (Å²) in [7, 11) is 0. The van der Waals surface area contributed by atoms with E-state index in [1.807, 2.05) is 6.92 Å². The van der Waals surface area contributed by atoms with Crippen LogP contribution >= 0.6 is 0 Å². The van der Waals surface area contributed by atoms with Gasteiger partial charge in [0.15, 0.2) is 0 Å². The summed E-state index contributed by atoms with van der Waals surface area (Å²) in [6, 6.07) is 0.0636. The summed E-state index contributed by atoms with van der Waals surface area (Å²) in [5.74, 6) is -0.934. The molecule has 0 spiro atoms. The van der Waals surface area contributed by atoms with Crippen molar-refractivity contribution in [2.45, 2.75) is 32.7 Å². The number of nitrogens with zero attached hydrogens (tertiary/aromatic N) is 1. The standard InChI is InChI=1S/C9H15N3O2/c1-5(10)3-4-7-8(9(13)14)6(2)11-12-7/h5H,3-4,10H2,1-2H3,(H,11,12)(H,13,14). The normalized spacial score (nSPS) is 12.8. The largest absolute Gasteiger partial charge is 0.478 e. The first kappa shape index (κ1) is 10.7. The van der Waals surface area contributed by atoms with Crippen LogP contribution in [0.5, 0.6) is 0 Å². The summed E-state index contributed by atoms with van der Waals surface area (Å²) in [6.45, 7) is 3.59. The van der Waals surface area contributed by atoms with Crippen LogP contribution in [-0.4, -0.2) is 27.3 Å². The second-order valence-corrected chi connectivity index (χ2v) is 3.49. The molecule has 0 aromatic carbocycles. The van der Waals surface area contributed by atoms with Crippen LogP contribution in [0.25, 0.3) is 0 Å². The monoisotopic (exact) mass is 197 g/mol. The van der Waals surface area contributed by atoms with E-state index in [9.17, 15) is 4.79 Å². The number of carboxylic acids is 1. The lowest BCUT2D eigenvalue weighted by Gasteiger charge is -2.02. The van der Waals surface area contributed by atoms with Crippen molar-refractivity contribution in [3.63, 3.8) is 0 Å². The molecule has 0 fully saturated rings. The minimum absolute atomic E-state index is 0.0636. The number of aryl methyl sites for hydroxylation is 2. The number of hydrogen-bond donors (Lipinski definition) is 3. The maximum Gasteiger partial charge on any atom is 0.339 e. The number of hydrogen-bond acceptors (Lipinski definition) is 3. The Balaban J connectivity index is 2.81. The minimum atomic E-state index is -0.934. The Hall–Kier alpha value is -1.36. The summed E-state index contributed by atoms with van der Waals surface area (Å²) in [6.07, 6.45) is 1.34. The second-order valence-electron chi connectivity index (χ2n) is 3.49. The molecule has 5 nitrogen and oxygen atoms in total. The van der Waals surface area contributed by atoms with Crippen LogP contribution in [0.1, 0.15) is 35.1 Å². The van der Waals surface area contributed by atoms with Gasteiger partial charge in [-0.1, -0.05) is 0 Å². The number of rotatable bonds is 4. The van der Waals surface area contributed by atoms with Gasteiger partial charge in [-0.2, -0.15) is 5.10 Å². The van der Waals surface area contributed by atoms with Gasteiger partial charge in [0, 0.05) is 11.7 Å². The molecule has 1 heterocycles. The van der Waals surface area contributed by atoms with Crippen LogP contribution in [0.3, 0.4) is 0 Å². The molecule has 14 heavy (non-hydrogen) atoms. The number of nitrogens with one attached hydrogen (secondary N) is 1. The maximum absolute atomic E-state index is 10.9. The first-order chi connectivity index (χ1) is 6.52. The van der Waals surface area contributed by atoms with E-state index in [1.165, 1.54) is 0 Å². The summed E-state index contributed by atoms with van der Waals surface area (Å²) >= 11 is 0. The molecule has 0 radical (unpaired) electrons. The summed E-state index contributed by atoms with van der Waals surface area (Å²) in [4.78, 5) is 10.9. The molecule has 1 aromatic heterocycles. The van der Waals surface area contributed by atoms with Gasteiger partial charge in [-0.25, -0.2) is 4.79 Å². The Morgan fingerprint density at radius 3 is 2.86 bits per heavy atom. The Morgan fingerprint density at radius 2 is 2.36 bits per heavy atom. The van der Waals surface area contributed by atoms with E-state index in [-0.39, 0.29) is 11.6 Å². The fourth-order valence-electron chi connectivity index (χ4n) is 1.31. The topological polar surface area (TPSA) is 92.0 Å². The van der Waals surface area contributed by atoms with E-state index in [2.05, 4.69) is 10.2 Å². The summed E-state index contributed by atoms with van der Waals surface area (Å²) in [5, 5.41) is 15.5. The van der Waals surface area contributed by atoms with Gasteiger partial charge in [0.05, 0.1) is 5.69 Å². The van der Waals surface area contributed by atoms with E-state index < -0.39 is 5.97 Å². The highest BCUT2D eigenvalue weighted by atomic mass is 16.4. The Bertz CT molecular complexity index is 331. The molecule has 1 aromatic rings. The third kappa shape index (κ3) is 2.32.